The molecule has 1 saturated heterocycles. The van der Waals surface area contributed by atoms with Crippen LogP contribution in [-0.2, 0) is 38.1 Å². The van der Waals surface area contributed by atoms with Gasteiger partial charge in [0.2, 0.25) is 0 Å². The summed E-state index contributed by atoms with van der Waals surface area (Å²) in [4.78, 5) is 39.6. The van der Waals surface area contributed by atoms with Gasteiger partial charge in [-0.3, -0.25) is 14.4 Å². The van der Waals surface area contributed by atoms with Crippen LogP contribution in [0.1, 0.15) is 290 Å². The van der Waals surface area contributed by atoms with Gasteiger partial charge in [-0.1, -0.05) is 211 Å². The Balaban J connectivity index is 2.68. The number of carbonyl (C=O) groups excluding carboxylic acids is 3. The Morgan fingerprint density at radius 2 is 0.781 bits per heavy atom. The number of carbonyl (C=O) groups is 3. The molecule has 1 heterocycles. The van der Waals surface area contributed by atoms with Crippen LogP contribution in [0, 0.1) is 0 Å². The second kappa shape index (κ2) is 52.9. The van der Waals surface area contributed by atoms with Gasteiger partial charge < -0.3 is 33.9 Å². The van der Waals surface area contributed by atoms with Crippen LogP contribution in [0.5, 0.6) is 0 Å². The second-order valence-electron chi connectivity index (χ2n) is 21.2. The zero-order valence-corrected chi connectivity index (χ0v) is 47.5. The molecule has 0 aromatic carbocycles. The first-order chi connectivity index (χ1) is 35.9. The van der Waals surface area contributed by atoms with E-state index in [1.54, 1.807) is 0 Å². The van der Waals surface area contributed by atoms with Crippen molar-refractivity contribution < 1.29 is 48.3 Å². The summed E-state index contributed by atoms with van der Waals surface area (Å²) in [6.45, 7) is 5.78. The van der Waals surface area contributed by atoms with E-state index in [0.29, 0.717) is 19.3 Å². The van der Waals surface area contributed by atoms with Crippen molar-refractivity contribution in [3.63, 3.8) is 0 Å². The molecule has 2 N–H and O–H groups in total. The van der Waals surface area contributed by atoms with Gasteiger partial charge in [-0.25, -0.2) is 0 Å². The first kappa shape index (κ1) is 68.5. The third-order valence-corrected chi connectivity index (χ3v) is 14.1. The summed E-state index contributed by atoms with van der Waals surface area (Å²) in [7, 11) is 0. The van der Waals surface area contributed by atoms with E-state index in [2.05, 4.69) is 57.2 Å². The van der Waals surface area contributed by atoms with Gasteiger partial charge in [0.25, 0.3) is 0 Å². The smallest absolute Gasteiger partial charge is 0.306 e. The first-order valence-electron chi connectivity index (χ1n) is 30.9. The molecule has 1 aliphatic rings. The topological polar surface area (TPSA) is 138 Å². The minimum atomic E-state index is -1.17. The standard InChI is InChI=1S/C63H114O10/c1-4-7-10-13-16-19-22-25-28-31-34-37-40-43-46-49-59(66)70-54-57(69-53-56(65)52-64)62-63(73-61(68)51-48-45-42-39-36-33-30-27-24-21-18-15-12-9-6-3)58(55-71-62)72-60(67)50-47-44-41-38-35-32-29-26-23-20-17-14-11-8-5-2/h25-30,56-58,62-65H,4-24,31-55H2,1-3H3/b28-25-,29-26-,30-27-/t56?,57-,58+,62-,63-/m1/s1. The predicted molar refractivity (Wildman–Crippen MR) is 302 cm³/mol. The van der Waals surface area contributed by atoms with Crippen molar-refractivity contribution in [3.05, 3.63) is 36.5 Å². The average Bonchev–Trinajstić information content (AvgIpc) is 3.77. The van der Waals surface area contributed by atoms with Crippen molar-refractivity contribution in [3.8, 4) is 0 Å². The number of aliphatic hydroxyl groups is 2. The molecule has 5 atom stereocenters. The van der Waals surface area contributed by atoms with Crippen LogP contribution in [-0.4, -0.2) is 85.1 Å². The lowest BCUT2D eigenvalue weighted by molar-refractivity contribution is -0.175. The summed E-state index contributed by atoms with van der Waals surface area (Å²) in [5.41, 5.74) is 0. The molecule has 10 heteroatoms. The Bertz CT molecular complexity index is 1330. The second-order valence-corrected chi connectivity index (χ2v) is 21.2. The molecule has 1 fully saturated rings. The summed E-state index contributed by atoms with van der Waals surface area (Å²) < 4.78 is 29.9. The van der Waals surface area contributed by atoms with Crippen molar-refractivity contribution in [1.29, 1.82) is 0 Å². The first-order valence-corrected chi connectivity index (χ1v) is 30.9. The molecule has 0 amide bonds. The Morgan fingerprint density at radius 3 is 1.15 bits per heavy atom. The van der Waals surface area contributed by atoms with Gasteiger partial charge in [0.15, 0.2) is 12.2 Å². The van der Waals surface area contributed by atoms with E-state index in [1.807, 2.05) is 0 Å². The molecule has 1 rings (SSSR count). The van der Waals surface area contributed by atoms with Gasteiger partial charge in [-0.2, -0.15) is 0 Å². The molecular formula is C63H114O10. The molecule has 426 valence electrons. The number of hydrogen-bond acceptors (Lipinski definition) is 10. The molecule has 1 aliphatic heterocycles. The third kappa shape index (κ3) is 43.3. The Kier molecular flexibility index (Phi) is 49.6. The fraction of sp³-hybridized carbons (Fsp3) is 0.857. The molecule has 0 spiro atoms. The number of rotatable bonds is 54. The van der Waals surface area contributed by atoms with Gasteiger partial charge in [-0.05, 0) is 96.3 Å². The summed E-state index contributed by atoms with van der Waals surface area (Å²) >= 11 is 0. The van der Waals surface area contributed by atoms with E-state index in [1.165, 1.54) is 135 Å². The van der Waals surface area contributed by atoms with Crippen LogP contribution in [0.25, 0.3) is 0 Å². The number of hydrogen-bond donors (Lipinski definition) is 2. The maximum Gasteiger partial charge on any atom is 0.306 e. The zero-order valence-electron chi connectivity index (χ0n) is 47.5. The van der Waals surface area contributed by atoms with E-state index < -0.39 is 43.1 Å². The monoisotopic (exact) mass is 1030 g/mol. The molecule has 73 heavy (non-hydrogen) atoms. The fourth-order valence-electron chi connectivity index (χ4n) is 9.40. The molecule has 10 nitrogen and oxygen atoms in total. The number of allylic oxidation sites excluding steroid dienone is 6. The van der Waals surface area contributed by atoms with E-state index >= 15 is 0 Å². The molecule has 0 aliphatic carbocycles. The molecular weight excluding hydrogens is 917 g/mol. The minimum Gasteiger partial charge on any atom is -0.463 e. The highest BCUT2D eigenvalue weighted by Gasteiger charge is 2.47. The van der Waals surface area contributed by atoms with Gasteiger partial charge in [0, 0.05) is 19.3 Å². The van der Waals surface area contributed by atoms with Crippen molar-refractivity contribution in [1.82, 2.24) is 0 Å². The van der Waals surface area contributed by atoms with Crippen LogP contribution >= 0.6 is 0 Å². The fourth-order valence-corrected chi connectivity index (χ4v) is 9.40. The number of esters is 3. The molecule has 0 bridgehead atoms. The normalized spacial score (nSPS) is 16.8. The van der Waals surface area contributed by atoms with Crippen molar-refractivity contribution in [2.75, 3.05) is 26.4 Å². The molecule has 0 saturated carbocycles. The highest BCUT2D eigenvalue weighted by molar-refractivity contribution is 5.71. The average molecular weight is 1030 g/mol. The van der Waals surface area contributed by atoms with Crippen LogP contribution in [0.4, 0.5) is 0 Å². The highest BCUT2D eigenvalue weighted by Crippen LogP contribution is 2.28. The molecule has 0 aromatic heterocycles. The highest BCUT2D eigenvalue weighted by atomic mass is 16.6. The SMILES string of the molecule is CCCCCCCC/C=C\CCCCCCCC(=O)OC[C@@H](OCC(O)CO)[C@H]1OC[C@H](OC(=O)CCCCCCC/C=C\CCCCCCCC)[C@H]1OC(=O)CCCCCCC/C=C\CCCCCCCC. The molecule has 0 aromatic rings. The van der Waals surface area contributed by atoms with Crippen molar-refractivity contribution >= 4 is 17.9 Å². The van der Waals surface area contributed by atoms with Crippen molar-refractivity contribution in [2.45, 2.75) is 321 Å². The Hall–Kier alpha value is -2.53. The summed E-state index contributed by atoms with van der Waals surface area (Å²) in [6, 6.07) is 0. The van der Waals surface area contributed by atoms with E-state index in [-0.39, 0.29) is 51.0 Å². The van der Waals surface area contributed by atoms with Crippen LogP contribution in [0.3, 0.4) is 0 Å². The lowest BCUT2D eigenvalue weighted by Gasteiger charge is -2.29. The maximum atomic E-state index is 13.4. The third-order valence-electron chi connectivity index (χ3n) is 14.1. The largest absolute Gasteiger partial charge is 0.463 e. The number of ether oxygens (including phenoxy) is 5. The zero-order chi connectivity index (χ0) is 52.9. The molecule has 1 unspecified atom stereocenters. The quantitative estimate of drug-likeness (QED) is 0.0262. The van der Waals surface area contributed by atoms with Gasteiger partial charge in [0.1, 0.15) is 24.9 Å². The summed E-state index contributed by atoms with van der Waals surface area (Å²) in [5.74, 6) is -1.15. The maximum absolute atomic E-state index is 13.4. The van der Waals surface area contributed by atoms with E-state index in [0.717, 1.165) is 96.3 Å². The lowest BCUT2D eigenvalue weighted by Crippen LogP contribution is -2.47. The van der Waals surface area contributed by atoms with Crippen LogP contribution < -0.4 is 0 Å². The van der Waals surface area contributed by atoms with E-state index in [9.17, 15) is 24.6 Å². The number of unbranched alkanes of at least 4 members (excludes halogenated alkanes) is 33. The van der Waals surface area contributed by atoms with Crippen LogP contribution in [0.2, 0.25) is 0 Å². The van der Waals surface area contributed by atoms with Gasteiger partial charge in [0.05, 0.1) is 19.8 Å². The van der Waals surface area contributed by atoms with Crippen molar-refractivity contribution in [2.24, 2.45) is 0 Å². The van der Waals surface area contributed by atoms with Gasteiger partial charge in [-0.15, -0.1) is 0 Å². The molecule has 0 radical (unpaired) electrons. The van der Waals surface area contributed by atoms with Gasteiger partial charge >= 0.3 is 17.9 Å². The summed E-state index contributed by atoms with van der Waals surface area (Å²) in [5, 5.41) is 19.8. The minimum absolute atomic E-state index is 0.0145. The van der Waals surface area contributed by atoms with Crippen LogP contribution in [0.15, 0.2) is 36.5 Å². The predicted octanol–water partition coefficient (Wildman–Crippen LogP) is 16.6. The van der Waals surface area contributed by atoms with E-state index in [4.69, 9.17) is 23.7 Å². The Morgan fingerprint density at radius 1 is 0.452 bits per heavy atom. The lowest BCUT2D eigenvalue weighted by atomic mass is 10.1. The Labute approximate surface area is 448 Å². The number of aliphatic hydroxyl groups excluding tert-OH is 2. The summed E-state index contributed by atoms with van der Waals surface area (Å²) in [6.07, 6.45) is 55.2.